The average Bonchev–Trinajstić information content (AvgIpc) is 2.00. The van der Waals surface area contributed by atoms with Gasteiger partial charge in [0.25, 0.3) is 0 Å². The third-order valence-corrected chi connectivity index (χ3v) is 2.08. The molecule has 88 valence electrons. The van der Waals surface area contributed by atoms with Gasteiger partial charge < -0.3 is 0 Å². The van der Waals surface area contributed by atoms with Gasteiger partial charge in [-0.3, -0.25) is 14.8 Å². The third-order valence-electron chi connectivity index (χ3n) is 1.66. The van der Waals surface area contributed by atoms with E-state index < -0.39 is 0 Å². The summed E-state index contributed by atoms with van der Waals surface area (Å²) in [6.45, 7) is 10.0. The fourth-order valence-electron chi connectivity index (χ4n) is 1.32. The predicted molar refractivity (Wildman–Crippen MR) is 61.9 cm³/mol. The number of rotatable bonds is 7. The monoisotopic (exact) mass is 232 g/mol. The summed E-state index contributed by atoms with van der Waals surface area (Å²) >= 11 is 0. The fourth-order valence-corrected chi connectivity index (χ4v) is 1.51. The van der Waals surface area contributed by atoms with Crippen molar-refractivity contribution in [3.8, 4) is 0 Å². The zero-order chi connectivity index (χ0) is 11.8. The van der Waals surface area contributed by atoms with E-state index in [1.807, 2.05) is 5.01 Å². The van der Waals surface area contributed by atoms with Crippen LogP contribution in [0, 0.1) is 11.8 Å². The summed E-state index contributed by atoms with van der Waals surface area (Å²) in [6, 6.07) is 0. The molecule has 0 aliphatic heterocycles. The molecule has 15 heavy (non-hydrogen) atoms. The van der Waals surface area contributed by atoms with Crippen molar-refractivity contribution in [2.75, 3.05) is 19.3 Å². The highest BCUT2D eigenvalue weighted by Gasteiger charge is 2.12. The minimum Gasteiger partial charge on any atom is -0.288 e. The molecule has 1 amide bonds. The third kappa shape index (κ3) is 8.52. The van der Waals surface area contributed by atoms with Crippen LogP contribution in [-0.2, 0) is 9.36 Å². The Morgan fingerprint density at radius 2 is 1.67 bits per heavy atom. The molecule has 0 aliphatic carbocycles. The van der Waals surface area contributed by atoms with E-state index >= 15 is 0 Å². The largest absolute Gasteiger partial charge is 0.288 e. The van der Waals surface area contributed by atoms with Crippen LogP contribution in [0.15, 0.2) is 0 Å². The van der Waals surface area contributed by atoms with E-state index in [1.165, 1.54) is 0 Å². The van der Waals surface area contributed by atoms with Crippen LogP contribution in [0.5, 0.6) is 0 Å². The van der Waals surface area contributed by atoms with Crippen LogP contribution in [0.3, 0.4) is 0 Å². The molecule has 0 spiro atoms. The van der Waals surface area contributed by atoms with Gasteiger partial charge in [-0.25, -0.2) is 5.01 Å². The first-order valence-corrected chi connectivity index (χ1v) is 6.29. The summed E-state index contributed by atoms with van der Waals surface area (Å²) in [5.74, 6) is 0.802. The molecule has 0 radical (unpaired) electrons. The van der Waals surface area contributed by atoms with Gasteiger partial charge in [0, 0.05) is 13.1 Å². The molecule has 0 fully saturated rings. The smallest absolute Gasteiger partial charge is 0.245 e. The molecule has 0 aromatic rings. The zero-order valence-corrected chi connectivity index (χ0v) is 10.9. The molecule has 1 N–H and O–H groups in total. The molecule has 0 aliphatic rings. The number of amides is 1. The molecule has 0 rings (SSSR count). The number of hydrogen-bond acceptors (Lipinski definition) is 3. The van der Waals surface area contributed by atoms with Gasteiger partial charge in [-0.2, -0.15) is 0 Å². The SMILES string of the molecule is CC(C)CN(CC(C)C)NC(=O)CP=O. The van der Waals surface area contributed by atoms with E-state index in [-0.39, 0.29) is 20.5 Å². The second-order valence-corrected chi connectivity index (χ2v) is 5.09. The fraction of sp³-hybridized carbons (Fsp3) is 0.900. The van der Waals surface area contributed by atoms with Crippen LogP contribution in [0.2, 0.25) is 0 Å². The normalized spacial score (nSPS) is 11.7. The first-order chi connectivity index (χ1) is 6.95. The lowest BCUT2D eigenvalue weighted by molar-refractivity contribution is -0.123. The second kappa shape index (κ2) is 7.77. The molecule has 0 atom stereocenters. The predicted octanol–water partition coefficient (Wildman–Crippen LogP) is 1.92. The van der Waals surface area contributed by atoms with Gasteiger partial charge in [-0.15, -0.1) is 0 Å². The summed E-state index contributed by atoms with van der Waals surface area (Å²) in [5.41, 5.74) is 2.77. The molecular formula is C10H21N2O2P. The van der Waals surface area contributed by atoms with Gasteiger partial charge in [0.1, 0.15) is 6.16 Å². The van der Waals surface area contributed by atoms with Gasteiger partial charge in [-0.1, -0.05) is 27.7 Å². The molecule has 0 aromatic carbocycles. The van der Waals surface area contributed by atoms with Crippen LogP contribution < -0.4 is 5.43 Å². The van der Waals surface area contributed by atoms with Crippen LogP contribution in [0.4, 0.5) is 0 Å². The van der Waals surface area contributed by atoms with Crippen molar-refractivity contribution in [2.45, 2.75) is 27.7 Å². The Kier molecular flexibility index (Phi) is 7.53. The van der Waals surface area contributed by atoms with Crippen molar-refractivity contribution in [1.82, 2.24) is 10.4 Å². The van der Waals surface area contributed by atoms with E-state index in [4.69, 9.17) is 0 Å². The molecule has 5 heteroatoms. The maximum Gasteiger partial charge on any atom is 0.245 e. The van der Waals surface area contributed by atoms with Gasteiger partial charge >= 0.3 is 0 Å². The maximum absolute atomic E-state index is 11.3. The van der Waals surface area contributed by atoms with Crippen LogP contribution in [0.1, 0.15) is 27.7 Å². The van der Waals surface area contributed by atoms with Gasteiger partial charge in [0.05, 0.1) is 0 Å². The first-order valence-electron chi connectivity index (χ1n) is 5.29. The summed E-state index contributed by atoms with van der Waals surface area (Å²) in [4.78, 5) is 11.3. The van der Waals surface area contributed by atoms with Crippen LogP contribution in [-0.4, -0.2) is 30.2 Å². The van der Waals surface area contributed by atoms with Crippen LogP contribution in [0.25, 0.3) is 0 Å². The van der Waals surface area contributed by atoms with Crippen molar-refractivity contribution in [3.63, 3.8) is 0 Å². The molecule has 0 unspecified atom stereocenters. The van der Waals surface area contributed by atoms with Crippen molar-refractivity contribution >= 4 is 14.4 Å². The highest BCUT2D eigenvalue weighted by Crippen LogP contribution is 2.01. The second-order valence-electron chi connectivity index (χ2n) is 4.51. The van der Waals surface area contributed by atoms with Crippen LogP contribution >= 0.6 is 8.46 Å². The minimum absolute atomic E-state index is 0.0344. The Morgan fingerprint density at radius 1 is 1.20 bits per heavy atom. The van der Waals surface area contributed by atoms with E-state index in [0.29, 0.717) is 11.8 Å². The summed E-state index contributed by atoms with van der Waals surface area (Å²) < 4.78 is 10.3. The lowest BCUT2D eigenvalue weighted by atomic mass is 10.2. The molecule has 4 nitrogen and oxygen atoms in total. The molecule has 0 aromatic heterocycles. The molecule has 0 bridgehead atoms. The molecular weight excluding hydrogens is 211 g/mol. The van der Waals surface area contributed by atoms with Gasteiger partial charge in [0.2, 0.25) is 5.91 Å². The van der Waals surface area contributed by atoms with E-state index in [2.05, 4.69) is 33.1 Å². The highest BCUT2D eigenvalue weighted by molar-refractivity contribution is 7.25. The van der Waals surface area contributed by atoms with E-state index in [9.17, 15) is 9.36 Å². The Labute approximate surface area is 93.6 Å². The molecule has 0 saturated carbocycles. The number of hydrogen-bond donors (Lipinski definition) is 1. The minimum atomic E-state index is -0.187. The topological polar surface area (TPSA) is 49.4 Å². The van der Waals surface area contributed by atoms with Crippen molar-refractivity contribution < 1.29 is 9.36 Å². The van der Waals surface area contributed by atoms with Crippen molar-refractivity contribution in [1.29, 1.82) is 0 Å². The van der Waals surface area contributed by atoms with Gasteiger partial charge in [0.15, 0.2) is 8.46 Å². The average molecular weight is 232 g/mol. The molecule has 0 heterocycles. The number of hydrazine groups is 1. The maximum atomic E-state index is 11.3. The standard InChI is InChI=1S/C10H21N2O2P/c1-8(2)5-12(6-9(3)4)11-10(13)7-15-14/h8-9H,5-7H2,1-4H3,(H,11,13). The highest BCUT2D eigenvalue weighted by atomic mass is 31.1. The number of nitrogens with one attached hydrogen (secondary N) is 1. The zero-order valence-electron chi connectivity index (χ0n) is 9.99. The van der Waals surface area contributed by atoms with Gasteiger partial charge in [-0.05, 0) is 11.8 Å². The summed E-state index contributed by atoms with van der Waals surface area (Å²) in [5, 5.41) is 1.91. The lowest BCUT2D eigenvalue weighted by Crippen LogP contribution is -2.46. The Morgan fingerprint density at radius 3 is 2.00 bits per heavy atom. The Bertz CT molecular complexity index is 198. The first kappa shape index (κ1) is 14.5. The van der Waals surface area contributed by atoms with Crippen molar-refractivity contribution in [3.05, 3.63) is 0 Å². The quantitative estimate of drug-likeness (QED) is 0.539. The van der Waals surface area contributed by atoms with E-state index in [1.54, 1.807) is 0 Å². The number of nitrogens with zero attached hydrogens (tertiary/aromatic N) is 1. The summed E-state index contributed by atoms with van der Waals surface area (Å²) in [6.07, 6.45) is 0.0344. The van der Waals surface area contributed by atoms with Crippen molar-refractivity contribution in [2.24, 2.45) is 11.8 Å². The number of carbonyl (C=O) groups excluding carboxylic acids is 1. The Hall–Kier alpha value is -0.470. The Balaban J connectivity index is 4.10. The number of carbonyl (C=O) groups is 1. The molecule has 0 saturated heterocycles. The van der Waals surface area contributed by atoms with E-state index in [0.717, 1.165) is 13.1 Å². The lowest BCUT2D eigenvalue weighted by Gasteiger charge is -2.26. The summed E-state index contributed by atoms with van der Waals surface area (Å²) in [7, 11) is -0.129.